The Bertz CT molecular complexity index is 758. The lowest BCUT2D eigenvalue weighted by molar-refractivity contribution is -0.137. The van der Waals surface area contributed by atoms with Crippen molar-refractivity contribution in [1.82, 2.24) is 0 Å². The molecular weight excluding hydrogens is 303 g/mol. The highest BCUT2D eigenvalue weighted by Crippen LogP contribution is 2.37. The van der Waals surface area contributed by atoms with E-state index in [1.54, 1.807) is 36.4 Å². The van der Waals surface area contributed by atoms with E-state index in [1.807, 2.05) is 13.0 Å². The molecule has 0 fully saturated rings. The van der Waals surface area contributed by atoms with Crippen LogP contribution in [0.2, 0.25) is 0 Å². The van der Waals surface area contributed by atoms with Gasteiger partial charge in [-0.25, -0.2) is 0 Å². The van der Waals surface area contributed by atoms with Crippen LogP contribution in [0.3, 0.4) is 0 Å². The number of nitriles is 1. The van der Waals surface area contributed by atoms with Gasteiger partial charge >= 0.3 is 6.18 Å². The fourth-order valence-corrected chi connectivity index (χ4v) is 2.11. The number of ether oxygens (including phenoxy) is 1. The van der Waals surface area contributed by atoms with Gasteiger partial charge in [-0.3, -0.25) is 0 Å². The molecule has 2 aromatic rings. The molecule has 0 bridgehead atoms. The normalized spacial score (nSPS) is 11.4. The van der Waals surface area contributed by atoms with Gasteiger partial charge in [0.15, 0.2) is 0 Å². The second-order valence-corrected chi connectivity index (χ2v) is 4.75. The minimum Gasteiger partial charge on any atom is -0.489 e. The lowest BCUT2D eigenvalue weighted by Gasteiger charge is -2.13. The van der Waals surface area contributed by atoms with E-state index in [1.165, 1.54) is 12.1 Å². The zero-order valence-electron chi connectivity index (χ0n) is 12.4. The van der Waals surface area contributed by atoms with Crippen LogP contribution in [0.1, 0.15) is 18.1 Å². The van der Waals surface area contributed by atoms with Crippen LogP contribution in [-0.2, 0) is 6.18 Å². The number of nitrogens with zero attached hydrogens (tertiary/aromatic N) is 1. The Balaban J connectivity index is 2.49. The van der Waals surface area contributed by atoms with Gasteiger partial charge in [0, 0.05) is 5.56 Å². The average Bonchev–Trinajstić information content (AvgIpc) is 2.54. The summed E-state index contributed by atoms with van der Waals surface area (Å²) in [5.41, 5.74) is -0.436. The van der Waals surface area contributed by atoms with Crippen LogP contribution in [-0.4, -0.2) is 6.61 Å². The lowest BCUT2D eigenvalue weighted by atomic mass is 9.98. The molecule has 0 aliphatic heterocycles. The first-order valence-corrected chi connectivity index (χ1v) is 6.92. The van der Waals surface area contributed by atoms with Crippen molar-refractivity contribution in [2.45, 2.75) is 13.1 Å². The minimum absolute atomic E-state index is 0.329. The summed E-state index contributed by atoms with van der Waals surface area (Å²) in [6.07, 6.45) is -0.954. The van der Waals surface area contributed by atoms with Gasteiger partial charge in [-0.2, -0.15) is 18.4 Å². The molecule has 0 radical (unpaired) electrons. The standard InChI is InChI=1S/C18H14F3NO/c1-2-3-10-23-17-7-5-4-6-15(17)13-8-9-14(12-22)16(11-13)18(19,20)21/h2-9,11H,10H2,1H3/b3-2+. The minimum atomic E-state index is -4.58. The summed E-state index contributed by atoms with van der Waals surface area (Å²) in [6.45, 7) is 2.18. The Morgan fingerprint density at radius 3 is 2.57 bits per heavy atom. The topological polar surface area (TPSA) is 33.0 Å². The van der Waals surface area contributed by atoms with E-state index in [9.17, 15) is 13.2 Å². The Labute approximate surface area is 132 Å². The Kier molecular flexibility index (Phi) is 5.07. The van der Waals surface area contributed by atoms with Crippen LogP contribution < -0.4 is 4.74 Å². The molecule has 23 heavy (non-hydrogen) atoms. The first-order chi connectivity index (χ1) is 11.0. The zero-order valence-corrected chi connectivity index (χ0v) is 12.4. The van der Waals surface area contributed by atoms with Crippen molar-refractivity contribution >= 4 is 0 Å². The van der Waals surface area contributed by atoms with E-state index in [4.69, 9.17) is 10.00 Å². The van der Waals surface area contributed by atoms with Crippen LogP contribution in [0.5, 0.6) is 5.75 Å². The highest BCUT2D eigenvalue weighted by molar-refractivity contribution is 5.72. The predicted molar refractivity (Wildman–Crippen MR) is 81.9 cm³/mol. The van der Waals surface area contributed by atoms with Crippen molar-refractivity contribution < 1.29 is 17.9 Å². The van der Waals surface area contributed by atoms with Crippen molar-refractivity contribution in [1.29, 1.82) is 5.26 Å². The highest BCUT2D eigenvalue weighted by atomic mass is 19.4. The fraction of sp³-hybridized carbons (Fsp3) is 0.167. The molecule has 0 atom stereocenters. The van der Waals surface area contributed by atoms with E-state index in [2.05, 4.69) is 0 Å². The monoisotopic (exact) mass is 317 g/mol. The molecule has 0 unspecified atom stereocenters. The van der Waals surface area contributed by atoms with Crippen LogP contribution >= 0.6 is 0 Å². The van der Waals surface area contributed by atoms with Crippen LogP contribution in [0, 0.1) is 11.3 Å². The van der Waals surface area contributed by atoms with Crippen molar-refractivity contribution in [3.8, 4) is 22.9 Å². The van der Waals surface area contributed by atoms with Crippen molar-refractivity contribution in [2.24, 2.45) is 0 Å². The molecule has 0 aliphatic rings. The van der Waals surface area contributed by atoms with Gasteiger partial charge in [0.1, 0.15) is 12.4 Å². The second-order valence-electron chi connectivity index (χ2n) is 4.75. The van der Waals surface area contributed by atoms with Gasteiger partial charge < -0.3 is 4.74 Å². The number of hydrogen-bond donors (Lipinski definition) is 0. The number of halogens is 3. The lowest BCUT2D eigenvalue weighted by Crippen LogP contribution is -2.08. The number of allylic oxidation sites excluding steroid dienone is 1. The SMILES string of the molecule is C/C=C/COc1ccccc1-c1ccc(C#N)c(C(F)(F)F)c1. The summed E-state index contributed by atoms with van der Waals surface area (Å²) < 4.78 is 44.8. The summed E-state index contributed by atoms with van der Waals surface area (Å²) in [4.78, 5) is 0. The Morgan fingerprint density at radius 2 is 1.91 bits per heavy atom. The summed E-state index contributed by atoms with van der Waals surface area (Å²) in [6, 6.07) is 12.1. The van der Waals surface area contributed by atoms with Crippen molar-refractivity contribution in [2.75, 3.05) is 6.61 Å². The first kappa shape index (κ1) is 16.6. The molecule has 118 valence electrons. The summed E-state index contributed by atoms with van der Waals surface area (Å²) >= 11 is 0. The number of alkyl halides is 3. The van der Waals surface area contributed by atoms with Gasteiger partial charge in [0.05, 0.1) is 17.2 Å². The average molecular weight is 317 g/mol. The molecular formula is C18H14F3NO. The Hall–Kier alpha value is -2.74. The van der Waals surface area contributed by atoms with E-state index in [0.717, 1.165) is 6.07 Å². The third kappa shape index (κ3) is 3.92. The van der Waals surface area contributed by atoms with Gasteiger partial charge in [0.2, 0.25) is 0 Å². The second kappa shape index (κ2) is 7.01. The maximum Gasteiger partial charge on any atom is 0.417 e. The number of hydrogen-bond acceptors (Lipinski definition) is 2. The first-order valence-electron chi connectivity index (χ1n) is 6.92. The molecule has 0 saturated carbocycles. The third-order valence-corrected chi connectivity index (χ3v) is 3.21. The quantitative estimate of drug-likeness (QED) is 0.726. The van der Waals surface area contributed by atoms with E-state index < -0.39 is 17.3 Å². The number of rotatable bonds is 4. The molecule has 0 heterocycles. The summed E-state index contributed by atoms with van der Waals surface area (Å²) in [5.74, 6) is 0.489. The van der Waals surface area contributed by atoms with Crippen LogP contribution in [0.25, 0.3) is 11.1 Å². The van der Waals surface area contributed by atoms with E-state index >= 15 is 0 Å². The highest BCUT2D eigenvalue weighted by Gasteiger charge is 2.34. The molecule has 2 aromatic carbocycles. The van der Waals surface area contributed by atoms with Crippen molar-refractivity contribution in [3.63, 3.8) is 0 Å². The fourth-order valence-electron chi connectivity index (χ4n) is 2.11. The van der Waals surface area contributed by atoms with Crippen LogP contribution in [0.4, 0.5) is 13.2 Å². The summed E-state index contributed by atoms with van der Waals surface area (Å²) in [7, 11) is 0. The van der Waals surface area contributed by atoms with E-state index in [0.29, 0.717) is 23.5 Å². The molecule has 0 saturated heterocycles. The molecule has 5 heteroatoms. The smallest absolute Gasteiger partial charge is 0.417 e. The molecule has 0 N–H and O–H groups in total. The largest absolute Gasteiger partial charge is 0.489 e. The maximum absolute atomic E-state index is 13.1. The van der Waals surface area contributed by atoms with Gasteiger partial charge in [-0.15, -0.1) is 0 Å². The zero-order chi connectivity index (χ0) is 16.9. The van der Waals surface area contributed by atoms with Crippen LogP contribution in [0.15, 0.2) is 54.6 Å². The molecule has 0 aliphatic carbocycles. The van der Waals surface area contributed by atoms with Gasteiger partial charge in [0.25, 0.3) is 0 Å². The van der Waals surface area contributed by atoms with E-state index in [-0.39, 0.29) is 0 Å². The molecule has 2 nitrogen and oxygen atoms in total. The van der Waals surface area contributed by atoms with Gasteiger partial charge in [-0.05, 0) is 30.7 Å². The molecule has 0 amide bonds. The number of benzene rings is 2. The molecule has 0 aromatic heterocycles. The Morgan fingerprint density at radius 1 is 1.17 bits per heavy atom. The number of para-hydroxylation sites is 1. The molecule has 0 spiro atoms. The molecule has 2 rings (SSSR count). The van der Waals surface area contributed by atoms with Crippen molar-refractivity contribution in [3.05, 3.63) is 65.7 Å². The third-order valence-electron chi connectivity index (χ3n) is 3.21. The maximum atomic E-state index is 13.1. The predicted octanol–water partition coefficient (Wildman–Crippen LogP) is 5.20. The van der Waals surface area contributed by atoms with Gasteiger partial charge in [-0.1, -0.05) is 36.4 Å². The summed E-state index contributed by atoms with van der Waals surface area (Å²) in [5, 5.41) is 8.86.